The lowest BCUT2D eigenvalue weighted by Crippen LogP contribution is -2.17. The number of hydrogen-bond acceptors (Lipinski definition) is 3. The number of thiazole rings is 1. The van der Waals surface area contributed by atoms with Gasteiger partial charge in [0.05, 0.1) is 10.2 Å². The highest BCUT2D eigenvalue weighted by molar-refractivity contribution is 7.16. The highest BCUT2D eigenvalue weighted by Crippen LogP contribution is 2.18. The van der Waals surface area contributed by atoms with E-state index in [4.69, 9.17) is 16.3 Å². The van der Waals surface area contributed by atoms with Gasteiger partial charge in [0.25, 0.3) is 5.91 Å². The largest absolute Gasteiger partial charge is 0.484 e. The third-order valence-corrected chi connectivity index (χ3v) is 4.71. The summed E-state index contributed by atoms with van der Waals surface area (Å²) < 4.78 is 8.45. The minimum atomic E-state index is -0.321. The van der Waals surface area contributed by atoms with Crippen LogP contribution in [-0.2, 0) is 11.8 Å². The number of aryl methyl sites for hydroxylation is 2. The van der Waals surface area contributed by atoms with Gasteiger partial charge in [0.1, 0.15) is 5.75 Å². The molecule has 4 nitrogen and oxygen atoms in total. The molecule has 3 aromatic rings. The third-order valence-electron chi connectivity index (χ3n) is 3.36. The van der Waals surface area contributed by atoms with E-state index < -0.39 is 0 Å². The smallest absolute Gasteiger partial charge is 0.286 e. The van der Waals surface area contributed by atoms with E-state index in [1.165, 1.54) is 16.9 Å². The molecule has 0 atom stereocenters. The maximum absolute atomic E-state index is 12.0. The molecule has 118 valence electrons. The summed E-state index contributed by atoms with van der Waals surface area (Å²) in [6.07, 6.45) is 0. The second-order valence-electron chi connectivity index (χ2n) is 5.16. The average Bonchev–Trinajstić information content (AvgIpc) is 2.82. The summed E-state index contributed by atoms with van der Waals surface area (Å²) in [6, 6.07) is 13.0. The zero-order chi connectivity index (χ0) is 16.4. The average molecular weight is 347 g/mol. The predicted molar refractivity (Wildman–Crippen MR) is 93.1 cm³/mol. The van der Waals surface area contributed by atoms with E-state index in [1.54, 1.807) is 24.3 Å². The van der Waals surface area contributed by atoms with Crippen LogP contribution in [0.4, 0.5) is 0 Å². The second-order valence-corrected chi connectivity index (χ2v) is 6.61. The van der Waals surface area contributed by atoms with Crippen molar-refractivity contribution in [1.29, 1.82) is 0 Å². The maximum Gasteiger partial charge on any atom is 0.286 e. The number of aromatic nitrogens is 1. The van der Waals surface area contributed by atoms with Crippen LogP contribution in [0.2, 0.25) is 5.02 Å². The third kappa shape index (κ3) is 3.63. The van der Waals surface area contributed by atoms with Crippen molar-refractivity contribution in [3.8, 4) is 5.75 Å². The van der Waals surface area contributed by atoms with Crippen LogP contribution in [0.25, 0.3) is 10.2 Å². The number of carbonyl (C=O) groups is 1. The zero-order valence-corrected chi connectivity index (χ0v) is 14.3. The van der Waals surface area contributed by atoms with Crippen LogP contribution in [0.1, 0.15) is 5.56 Å². The minimum Gasteiger partial charge on any atom is -0.484 e. The van der Waals surface area contributed by atoms with Crippen molar-refractivity contribution in [2.24, 2.45) is 12.0 Å². The van der Waals surface area contributed by atoms with Gasteiger partial charge in [0.2, 0.25) is 0 Å². The van der Waals surface area contributed by atoms with Crippen molar-refractivity contribution in [2.45, 2.75) is 6.92 Å². The number of carbonyl (C=O) groups excluding carboxylic acids is 1. The predicted octanol–water partition coefficient (Wildman–Crippen LogP) is 3.71. The van der Waals surface area contributed by atoms with Gasteiger partial charge in [-0.1, -0.05) is 29.0 Å². The van der Waals surface area contributed by atoms with Crippen molar-refractivity contribution in [2.75, 3.05) is 6.61 Å². The second kappa shape index (κ2) is 6.56. The molecule has 0 fully saturated rings. The molecule has 0 aliphatic rings. The van der Waals surface area contributed by atoms with E-state index in [2.05, 4.69) is 11.1 Å². The van der Waals surface area contributed by atoms with Gasteiger partial charge < -0.3 is 9.30 Å². The number of benzene rings is 2. The topological polar surface area (TPSA) is 43.6 Å². The lowest BCUT2D eigenvalue weighted by molar-refractivity contribution is -0.120. The number of halogens is 1. The first kappa shape index (κ1) is 15.8. The molecule has 1 amide bonds. The summed E-state index contributed by atoms with van der Waals surface area (Å²) in [6.45, 7) is 1.94. The van der Waals surface area contributed by atoms with Gasteiger partial charge in [-0.3, -0.25) is 4.79 Å². The van der Waals surface area contributed by atoms with Gasteiger partial charge in [-0.05, 0) is 48.9 Å². The summed E-state index contributed by atoms with van der Waals surface area (Å²) >= 11 is 7.30. The quantitative estimate of drug-likeness (QED) is 0.725. The highest BCUT2D eigenvalue weighted by Gasteiger charge is 2.06. The van der Waals surface area contributed by atoms with Gasteiger partial charge in [-0.25, -0.2) is 0 Å². The Hall–Kier alpha value is -2.11. The Balaban J connectivity index is 1.79. The van der Waals surface area contributed by atoms with Crippen LogP contribution in [0.5, 0.6) is 5.75 Å². The number of hydrogen-bond donors (Lipinski definition) is 0. The fraction of sp³-hybridized carbons (Fsp3) is 0.176. The summed E-state index contributed by atoms with van der Waals surface area (Å²) in [4.78, 5) is 16.8. The van der Waals surface area contributed by atoms with Gasteiger partial charge in [0, 0.05) is 12.1 Å². The van der Waals surface area contributed by atoms with E-state index in [0.717, 1.165) is 10.2 Å². The maximum atomic E-state index is 12.0. The molecule has 23 heavy (non-hydrogen) atoms. The molecule has 1 aromatic heterocycles. The molecule has 0 bridgehead atoms. The standard InChI is InChI=1S/C17H15ClN2O2S/c1-11-3-8-14-15(9-11)23-17(20(14)2)19-16(21)10-22-13-6-4-12(18)5-7-13/h3-9H,10H2,1-2H3. The van der Waals surface area contributed by atoms with Crippen molar-refractivity contribution in [3.05, 3.63) is 57.9 Å². The Morgan fingerprint density at radius 2 is 2.00 bits per heavy atom. The van der Waals surface area contributed by atoms with Crippen molar-refractivity contribution in [3.63, 3.8) is 0 Å². The van der Waals surface area contributed by atoms with Crippen LogP contribution in [0.3, 0.4) is 0 Å². The van der Waals surface area contributed by atoms with Gasteiger partial charge >= 0.3 is 0 Å². The van der Waals surface area contributed by atoms with E-state index in [0.29, 0.717) is 15.6 Å². The van der Waals surface area contributed by atoms with Gasteiger partial charge in [0.15, 0.2) is 11.4 Å². The fourth-order valence-electron chi connectivity index (χ4n) is 2.16. The molecule has 0 aliphatic heterocycles. The first-order valence-corrected chi connectivity index (χ1v) is 8.24. The molecule has 2 aromatic carbocycles. The molecule has 0 unspecified atom stereocenters. The summed E-state index contributed by atoms with van der Waals surface area (Å²) in [5.74, 6) is 0.271. The molecule has 6 heteroatoms. The highest BCUT2D eigenvalue weighted by atomic mass is 35.5. The Labute approximate surface area is 142 Å². The Bertz CT molecular complexity index is 926. The molecular weight excluding hydrogens is 332 g/mol. The van der Waals surface area contributed by atoms with Crippen molar-refractivity contribution in [1.82, 2.24) is 4.57 Å². The van der Waals surface area contributed by atoms with Crippen molar-refractivity contribution >= 4 is 39.1 Å². The van der Waals surface area contributed by atoms with E-state index in [1.807, 2.05) is 30.7 Å². The number of fused-ring (bicyclic) bond motifs is 1. The number of rotatable bonds is 3. The van der Waals surface area contributed by atoms with Gasteiger partial charge in [-0.15, -0.1) is 0 Å². The Morgan fingerprint density at radius 1 is 1.26 bits per heavy atom. The number of amides is 1. The van der Waals surface area contributed by atoms with Gasteiger partial charge in [-0.2, -0.15) is 4.99 Å². The molecule has 3 rings (SSSR count). The number of ether oxygens (including phenoxy) is 1. The lowest BCUT2D eigenvalue weighted by Gasteiger charge is -2.02. The molecule has 0 N–H and O–H groups in total. The molecule has 0 saturated carbocycles. The van der Waals surface area contributed by atoms with Crippen LogP contribution in [0.15, 0.2) is 47.5 Å². The zero-order valence-electron chi connectivity index (χ0n) is 12.7. The molecular formula is C17H15ClN2O2S. The van der Waals surface area contributed by atoms with E-state index >= 15 is 0 Å². The van der Waals surface area contributed by atoms with E-state index in [-0.39, 0.29) is 12.5 Å². The number of nitrogens with zero attached hydrogens (tertiary/aromatic N) is 2. The fourth-order valence-corrected chi connectivity index (χ4v) is 3.42. The summed E-state index contributed by atoms with van der Waals surface area (Å²) in [5, 5.41) is 0.626. The van der Waals surface area contributed by atoms with Crippen molar-refractivity contribution < 1.29 is 9.53 Å². The summed E-state index contributed by atoms with van der Waals surface area (Å²) in [7, 11) is 1.90. The Morgan fingerprint density at radius 3 is 2.74 bits per heavy atom. The van der Waals surface area contributed by atoms with E-state index in [9.17, 15) is 4.79 Å². The SMILES string of the molecule is Cc1ccc2c(c1)sc(=NC(=O)COc1ccc(Cl)cc1)n2C. The lowest BCUT2D eigenvalue weighted by atomic mass is 10.2. The Kier molecular flexibility index (Phi) is 4.50. The first-order valence-electron chi connectivity index (χ1n) is 7.05. The monoisotopic (exact) mass is 346 g/mol. The van der Waals surface area contributed by atoms with Crippen LogP contribution >= 0.6 is 22.9 Å². The van der Waals surface area contributed by atoms with Crippen LogP contribution in [0, 0.1) is 6.92 Å². The summed E-state index contributed by atoms with van der Waals surface area (Å²) in [5.41, 5.74) is 2.24. The normalized spacial score (nSPS) is 11.9. The van der Waals surface area contributed by atoms with Crippen LogP contribution < -0.4 is 9.54 Å². The molecule has 0 radical (unpaired) electrons. The molecule has 0 saturated heterocycles. The molecule has 0 aliphatic carbocycles. The first-order chi connectivity index (χ1) is 11.0. The molecule has 0 spiro atoms. The van der Waals surface area contributed by atoms with Crippen LogP contribution in [-0.4, -0.2) is 17.1 Å². The minimum absolute atomic E-state index is 0.102. The molecule has 1 heterocycles.